The zero-order valence-corrected chi connectivity index (χ0v) is 15.6. The van der Waals surface area contributed by atoms with E-state index in [-0.39, 0.29) is 17.0 Å². The summed E-state index contributed by atoms with van der Waals surface area (Å²) in [5.41, 5.74) is 1.48. The van der Waals surface area contributed by atoms with Crippen molar-refractivity contribution < 1.29 is 22.8 Å². The summed E-state index contributed by atoms with van der Waals surface area (Å²) in [6.45, 7) is 0.342. The predicted octanol–water partition coefficient (Wildman–Crippen LogP) is 4.19. The van der Waals surface area contributed by atoms with E-state index in [0.717, 1.165) is 11.6 Å². The third-order valence-electron chi connectivity index (χ3n) is 4.34. The van der Waals surface area contributed by atoms with Gasteiger partial charge < -0.3 is 19.3 Å². The van der Waals surface area contributed by atoms with Crippen LogP contribution in [-0.2, 0) is 6.54 Å². The topological polar surface area (TPSA) is 82.3 Å². The highest BCUT2D eigenvalue weighted by atomic mass is 19.1. The van der Waals surface area contributed by atoms with Gasteiger partial charge in [-0.15, -0.1) is 0 Å². The third-order valence-corrected chi connectivity index (χ3v) is 4.34. The van der Waals surface area contributed by atoms with Gasteiger partial charge in [-0.25, -0.2) is 13.8 Å². The maximum Gasteiger partial charge on any atom is 0.263 e. The zero-order valence-electron chi connectivity index (χ0n) is 15.6. The van der Waals surface area contributed by atoms with E-state index in [1.54, 1.807) is 26.4 Å². The van der Waals surface area contributed by atoms with Crippen LogP contribution < -0.4 is 14.8 Å². The van der Waals surface area contributed by atoms with Crippen molar-refractivity contribution in [2.24, 2.45) is 0 Å². The number of fused-ring (bicyclic) bond motifs is 1. The van der Waals surface area contributed by atoms with E-state index in [4.69, 9.17) is 14.0 Å². The average Bonchev–Trinajstić information content (AvgIpc) is 3.16. The fourth-order valence-electron chi connectivity index (χ4n) is 3.01. The number of halogens is 2. The van der Waals surface area contributed by atoms with Crippen LogP contribution in [-0.4, -0.2) is 29.3 Å². The van der Waals surface area contributed by atoms with E-state index in [1.165, 1.54) is 18.5 Å². The molecule has 7 nitrogen and oxygen atoms in total. The Bertz CT molecular complexity index is 1160. The number of ether oxygens (including phenoxy) is 2. The predicted molar refractivity (Wildman–Crippen MR) is 102 cm³/mol. The second-order valence-corrected chi connectivity index (χ2v) is 6.12. The molecular weight excluding hydrogens is 382 g/mol. The first-order valence-corrected chi connectivity index (χ1v) is 8.60. The molecule has 0 aliphatic carbocycles. The Labute approximate surface area is 164 Å². The normalized spacial score (nSPS) is 10.9. The van der Waals surface area contributed by atoms with Gasteiger partial charge in [-0.05, 0) is 30.3 Å². The average molecular weight is 398 g/mol. The first kappa shape index (κ1) is 18.6. The summed E-state index contributed by atoms with van der Waals surface area (Å²) in [7, 11) is 3.15. The Morgan fingerprint density at radius 3 is 2.52 bits per heavy atom. The van der Waals surface area contributed by atoms with Gasteiger partial charge in [0.2, 0.25) is 0 Å². The minimum absolute atomic E-state index is 0.194. The van der Waals surface area contributed by atoms with Gasteiger partial charge in [-0.1, -0.05) is 5.16 Å². The number of nitrogens with zero attached hydrogens (tertiary/aromatic N) is 3. The van der Waals surface area contributed by atoms with Crippen LogP contribution in [0.1, 0.15) is 5.56 Å². The molecule has 0 bridgehead atoms. The number of methoxy groups -OCH3 is 2. The summed E-state index contributed by atoms with van der Waals surface area (Å²) in [5.74, 6) is 0.311. The highest BCUT2D eigenvalue weighted by molar-refractivity contribution is 5.97. The number of aromatic nitrogens is 3. The molecule has 29 heavy (non-hydrogen) atoms. The SMILES string of the molecule is COc1ccc(OC)c(CNc2ncnc3onc(-c4cc(F)cc(F)c4)c23)c1. The molecule has 4 rings (SSSR count). The van der Waals surface area contributed by atoms with Crippen LogP contribution in [0.3, 0.4) is 0 Å². The van der Waals surface area contributed by atoms with Crippen molar-refractivity contribution in [2.75, 3.05) is 19.5 Å². The van der Waals surface area contributed by atoms with E-state index in [1.807, 2.05) is 6.07 Å². The minimum Gasteiger partial charge on any atom is -0.497 e. The molecule has 0 spiro atoms. The molecule has 0 amide bonds. The Kier molecular flexibility index (Phi) is 4.94. The second kappa shape index (κ2) is 7.70. The summed E-state index contributed by atoms with van der Waals surface area (Å²) in [6.07, 6.45) is 1.31. The van der Waals surface area contributed by atoms with E-state index < -0.39 is 11.6 Å². The van der Waals surface area contributed by atoms with E-state index in [0.29, 0.717) is 29.2 Å². The Balaban J connectivity index is 1.73. The van der Waals surface area contributed by atoms with Gasteiger partial charge in [0.05, 0.1) is 14.2 Å². The lowest BCUT2D eigenvalue weighted by Crippen LogP contribution is -2.04. The molecule has 2 aromatic carbocycles. The van der Waals surface area contributed by atoms with Gasteiger partial charge in [0.1, 0.15) is 46.4 Å². The van der Waals surface area contributed by atoms with Crippen molar-refractivity contribution in [2.45, 2.75) is 6.54 Å². The van der Waals surface area contributed by atoms with Crippen molar-refractivity contribution in [3.05, 3.63) is 59.9 Å². The highest BCUT2D eigenvalue weighted by Gasteiger charge is 2.18. The number of nitrogens with one attached hydrogen (secondary N) is 1. The number of hydrogen-bond donors (Lipinski definition) is 1. The lowest BCUT2D eigenvalue weighted by atomic mass is 10.1. The minimum atomic E-state index is -0.719. The summed E-state index contributed by atoms with van der Waals surface area (Å²) >= 11 is 0. The molecule has 0 saturated heterocycles. The Morgan fingerprint density at radius 2 is 1.79 bits per heavy atom. The van der Waals surface area contributed by atoms with Gasteiger partial charge in [-0.2, -0.15) is 4.98 Å². The zero-order chi connectivity index (χ0) is 20.4. The number of benzene rings is 2. The van der Waals surface area contributed by atoms with Gasteiger partial charge in [-0.3, -0.25) is 0 Å². The third kappa shape index (κ3) is 3.66. The summed E-state index contributed by atoms with van der Waals surface area (Å²) in [4.78, 5) is 8.28. The van der Waals surface area contributed by atoms with E-state index in [2.05, 4.69) is 20.4 Å². The largest absolute Gasteiger partial charge is 0.497 e. The fourth-order valence-corrected chi connectivity index (χ4v) is 3.01. The molecule has 0 saturated carbocycles. The first-order chi connectivity index (χ1) is 14.1. The summed E-state index contributed by atoms with van der Waals surface area (Å²) < 4.78 is 43.2. The quantitative estimate of drug-likeness (QED) is 0.521. The van der Waals surface area contributed by atoms with E-state index >= 15 is 0 Å². The summed E-state index contributed by atoms with van der Waals surface area (Å²) in [5, 5.41) is 7.53. The van der Waals surface area contributed by atoms with Crippen LogP contribution in [0.15, 0.2) is 47.2 Å². The lowest BCUT2D eigenvalue weighted by molar-refractivity contribution is 0.399. The highest BCUT2D eigenvalue weighted by Crippen LogP contribution is 2.33. The van der Waals surface area contributed by atoms with Crippen LogP contribution in [0, 0.1) is 11.6 Å². The standard InChI is InChI=1S/C20H16F2N4O3/c1-27-15-3-4-16(28-2)12(7-15)9-23-19-17-18(26-29-20(17)25-10-24-19)11-5-13(21)8-14(22)6-11/h3-8,10H,9H2,1-2H3,(H,23,24,25). The van der Waals surface area contributed by atoms with Crippen molar-refractivity contribution in [3.8, 4) is 22.8 Å². The van der Waals surface area contributed by atoms with E-state index in [9.17, 15) is 8.78 Å². The number of hydrogen-bond acceptors (Lipinski definition) is 7. The smallest absolute Gasteiger partial charge is 0.263 e. The molecule has 4 aromatic rings. The molecule has 0 unspecified atom stereocenters. The van der Waals surface area contributed by atoms with Crippen molar-refractivity contribution in [3.63, 3.8) is 0 Å². The van der Waals surface area contributed by atoms with Crippen molar-refractivity contribution >= 4 is 16.9 Å². The molecule has 1 N–H and O–H groups in total. The fraction of sp³-hybridized carbons (Fsp3) is 0.150. The van der Waals surface area contributed by atoms with Crippen LogP contribution in [0.2, 0.25) is 0 Å². The van der Waals surface area contributed by atoms with Crippen molar-refractivity contribution in [1.82, 2.24) is 15.1 Å². The van der Waals surface area contributed by atoms with Gasteiger partial charge >= 0.3 is 0 Å². The number of rotatable bonds is 6. The first-order valence-electron chi connectivity index (χ1n) is 8.60. The van der Waals surface area contributed by atoms with Gasteiger partial charge in [0.15, 0.2) is 0 Å². The van der Waals surface area contributed by atoms with Crippen LogP contribution in [0.25, 0.3) is 22.4 Å². The molecule has 148 valence electrons. The van der Waals surface area contributed by atoms with Gasteiger partial charge in [0, 0.05) is 23.7 Å². The maximum absolute atomic E-state index is 13.7. The molecule has 0 aliphatic heterocycles. The molecule has 2 aromatic heterocycles. The Hall–Kier alpha value is -3.75. The second-order valence-electron chi connectivity index (χ2n) is 6.12. The number of anilines is 1. The monoisotopic (exact) mass is 398 g/mol. The molecule has 0 atom stereocenters. The molecule has 9 heteroatoms. The van der Waals surface area contributed by atoms with Crippen LogP contribution in [0.5, 0.6) is 11.5 Å². The lowest BCUT2D eigenvalue weighted by Gasteiger charge is -2.12. The van der Waals surface area contributed by atoms with Crippen molar-refractivity contribution in [1.29, 1.82) is 0 Å². The molecule has 2 heterocycles. The molecular formula is C20H16F2N4O3. The van der Waals surface area contributed by atoms with Crippen LogP contribution >= 0.6 is 0 Å². The summed E-state index contributed by atoms with van der Waals surface area (Å²) in [6, 6.07) is 8.55. The molecule has 0 fully saturated rings. The maximum atomic E-state index is 13.7. The van der Waals surface area contributed by atoms with Gasteiger partial charge in [0.25, 0.3) is 5.71 Å². The molecule has 0 radical (unpaired) electrons. The Morgan fingerprint density at radius 1 is 1.00 bits per heavy atom. The van der Waals surface area contributed by atoms with Crippen LogP contribution in [0.4, 0.5) is 14.6 Å². The molecule has 0 aliphatic rings.